The molecule has 0 aromatic heterocycles. The lowest BCUT2D eigenvalue weighted by Crippen LogP contribution is -1.87. The van der Waals surface area contributed by atoms with Crippen LogP contribution in [0.15, 0.2) is 54.6 Å². The molecule has 0 aliphatic carbocycles. The maximum atomic E-state index is 10.0. The number of nitriles is 1. The highest BCUT2D eigenvalue weighted by molar-refractivity contribution is 6.31. The quantitative estimate of drug-likeness (QED) is 0.734. The standard InChI is InChI=1S/C17H10ClNO2/c18-15-9-14(6-5-13(15)10-19)21-17-8-12-4-2-1-3-11(12)7-16(17)20/h1-9,20H. The van der Waals surface area contributed by atoms with Crippen LogP contribution in [0.1, 0.15) is 5.56 Å². The molecule has 0 fully saturated rings. The van der Waals surface area contributed by atoms with Gasteiger partial charge in [0.05, 0.1) is 10.6 Å². The van der Waals surface area contributed by atoms with Crippen LogP contribution in [0.3, 0.4) is 0 Å². The Labute approximate surface area is 126 Å². The van der Waals surface area contributed by atoms with E-state index in [1.54, 1.807) is 30.3 Å². The lowest BCUT2D eigenvalue weighted by atomic mass is 10.1. The van der Waals surface area contributed by atoms with Gasteiger partial charge >= 0.3 is 0 Å². The number of hydrogen-bond acceptors (Lipinski definition) is 3. The normalized spacial score (nSPS) is 10.3. The summed E-state index contributed by atoms with van der Waals surface area (Å²) in [7, 11) is 0. The van der Waals surface area contributed by atoms with E-state index in [1.165, 1.54) is 0 Å². The first kappa shape index (κ1) is 13.3. The van der Waals surface area contributed by atoms with Gasteiger partial charge in [0.25, 0.3) is 0 Å². The van der Waals surface area contributed by atoms with Crippen LogP contribution in [0.4, 0.5) is 0 Å². The van der Waals surface area contributed by atoms with Crippen LogP contribution >= 0.6 is 11.6 Å². The average molecular weight is 296 g/mol. The van der Waals surface area contributed by atoms with Crippen LogP contribution in [-0.4, -0.2) is 5.11 Å². The predicted octanol–water partition coefficient (Wildman–Crippen LogP) is 4.86. The number of ether oxygens (including phenoxy) is 1. The number of fused-ring (bicyclic) bond motifs is 1. The molecule has 0 spiro atoms. The molecule has 0 saturated carbocycles. The van der Waals surface area contributed by atoms with Crippen LogP contribution < -0.4 is 4.74 Å². The van der Waals surface area contributed by atoms with E-state index in [4.69, 9.17) is 21.6 Å². The molecule has 0 heterocycles. The second-order valence-corrected chi connectivity index (χ2v) is 4.93. The second-order valence-electron chi connectivity index (χ2n) is 4.52. The molecule has 0 aliphatic heterocycles. The van der Waals surface area contributed by atoms with E-state index in [2.05, 4.69) is 0 Å². The molecule has 3 aromatic carbocycles. The Bertz CT molecular complexity index is 868. The molecule has 0 atom stereocenters. The molecule has 0 bridgehead atoms. The minimum Gasteiger partial charge on any atom is -0.504 e. The topological polar surface area (TPSA) is 53.2 Å². The lowest BCUT2D eigenvalue weighted by molar-refractivity contribution is 0.412. The van der Waals surface area contributed by atoms with E-state index < -0.39 is 0 Å². The van der Waals surface area contributed by atoms with Gasteiger partial charge in [-0.25, -0.2) is 0 Å². The first-order valence-electron chi connectivity index (χ1n) is 6.26. The van der Waals surface area contributed by atoms with Gasteiger partial charge in [-0.1, -0.05) is 35.9 Å². The molecular formula is C17H10ClNO2. The van der Waals surface area contributed by atoms with Crippen LogP contribution in [0, 0.1) is 11.3 Å². The van der Waals surface area contributed by atoms with Crippen molar-refractivity contribution in [3.8, 4) is 23.3 Å². The molecule has 0 unspecified atom stereocenters. The van der Waals surface area contributed by atoms with Gasteiger partial charge in [0.2, 0.25) is 0 Å². The van der Waals surface area contributed by atoms with E-state index in [0.29, 0.717) is 22.1 Å². The van der Waals surface area contributed by atoms with Crippen molar-refractivity contribution in [2.45, 2.75) is 0 Å². The maximum Gasteiger partial charge on any atom is 0.169 e. The number of rotatable bonds is 2. The average Bonchev–Trinajstić information content (AvgIpc) is 2.48. The monoisotopic (exact) mass is 295 g/mol. The first-order valence-corrected chi connectivity index (χ1v) is 6.64. The van der Waals surface area contributed by atoms with E-state index in [-0.39, 0.29) is 5.75 Å². The third-order valence-electron chi connectivity index (χ3n) is 3.12. The number of phenolic OH excluding ortho intramolecular Hbond substituents is 1. The zero-order valence-corrected chi connectivity index (χ0v) is 11.6. The summed E-state index contributed by atoms with van der Waals surface area (Å²) < 4.78 is 5.65. The van der Waals surface area contributed by atoms with Gasteiger partial charge in [-0.3, -0.25) is 0 Å². The minimum atomic E-state index is 0.0502. The van der Waals surface area contributed by atoms with Gasteiger partial charge in [-0.15, -0.1) is 0 Å². The molecule has 3 nitrogen and oxygen atoms in total. The van der Waals surface area contributed by atoms with Crippen molar-refractivity contribution in [1.82, 2.24) is 0 Å². The fourth-order valence-electron chi connectivity index (χ4n) is 2.07. The number of phenols is 1. The number of hydrogen-bond donors (Lipinski definition) is 1. The third-order valence-corrected chi connectivity index (χ3v) is 3.43. The largest absolute Gasteiger partial charge is 0.504 e. The molecular weight excluding hydrogens is 286 g/mol. The highest BCUT2D eigenvalue weighted by Crippen LogP contribution is 2.35. The van der Waals surface area contributed by atoms with Gasteiger partial charge in [-0.2, -0.15) is 5.26 Å². The van der Waals surface area contributed by atoms with E-state index >= 15 is 0 Å². The summed E-state index contributed by atoms with van der Waals surface area (Å²) >= 11 is 5.97. The lowest BCUT2D eigenvalue weighted by Gasteiger charge is -2.09. The van der Waals surface area contributed by atoms with Crippen LogP contribution in [0.5, 0.6) is 17.2 Å². The molecule has 102 valence electrons. The number of aromatic hydroxyl groups is 1. The van der Waals surface area contributed by atoms with Gasteiger partial charge in [0.15, 0.2) is 11.5 Å². The minimum absolute atomic E-state index is 0.0502. The molecule has 0 saturated heterocycles. The summed E-state index contributed by atoms with van der Waals surface area (Å²) in [5.41, 5.74) is 0.381. The zero-order chi connectivity index (χ0) is 14.8. The Morgan fingerprint density at radius 2 is 1.71 bits per heavy atom. The Morgan fingerprint density at radius 1 is 1.00 bits per heavy atom. The van der Waals surface area contributed by atoms with Crippen molar-refractivity contribution >= 4 is 22.4 Å². The summed E-state index contributed by atoms with van der Waals surface area (Å²) in [5.74, 6) is 0.855. The van der Waals surface area contributed by atoms with Crippen LogP contribution in [0.2, 0.25) is 5.02 Å². The van der Waals surface area contributed by atoms with E-state index in [1.807, 2.05) is 30.3 Å². The van der Waals surface area contributed by atoms with Crippen molar-refractivity contribution < 1.29 is 9.84 Å². The van der Waals surface area contributed by atoms with Gasteiger partial charge in [-0.05, 0) is 35.0 Å². The smallest absolute Gasteiger partial charge is 0.169 e. The predicted molar refractivity (Wildman–Crippen MR) is 81.9 cm³/mol. The molecule has 0 radical (unpaired) electrons. The summed E-state index contributed by atoms with van der Waals surface area (Å²) in [6.45, 7) is 0. The van der Waals surface area contributed by atoms with Crippen LogP contribution in [0.25, 0.3) is 10.8 Å². The molecule has 21 heavy (non-hydrogen) atoms. The Morgan fingerprint density at radius 3 is 2.38 bits per heavy atom. The molecule has 3 rings (SSSR count). The third kappa shape index (κ3) is 2.62. The van der Waals surface area contributed by atoms with Gasteiger partial charge in [0.1, 0.15) is 11.8 Å². The van der Waals surface area contributed by atoms with Gasteiger partial charge < -0.3 is 9.84 Å². The summed E-state index contributed by atoms with van der Waals surface area (Å²) in [6.07, 6.45) is 0. The van der Waals surface area contributed by atoms with E-state index in [0.717, 1.165) is 10.8 Å². The van der Waals surface area contributed by atoms with Gasteiger partial charge in [0, 0.05) is 6.07 Å². The highest BCUT2D eigenvalue weighted by atomic mass is 35.5. The van der Waals surface area contributed by atoms with Crippen molar-refractivity contribution in [2.75, 3.05) is 0 Å². The van der Waals surface area contributed by atoms with Crippen molar-refractivity contribution in [2.24, 2.45) is 0 Å². The zero-order valence-electron chi connectivity index (χ0n) is 10.9. The van der Waals surface area contributed by atoms with Crippen LogP contribution in [-0.2, 0) is 0 Å². The number of halogens is 1. The van der Waals surface area contributed by atoms with Crippen molar-refractivity contribution in [1.29, 1.82) is 5.26 Å². The Hall–Kier alpha value is -2.70. The number of benzene rings is 3. The first-order chi connectivity index (χ1) is 10.2. The van der Waals surface area contributed by atoms with Crippen molar-refractivity contribution in [3.05, 3.63) is 65.2 Å². The maximum absolute atomic E-state index is 10.0. The van der Waals surface area contributed by atoms with E-state index in [9.17, 15) is 5.11 Å². The Kier molecular flexibility index (Phi) is 3.39. The molecule has 3 aromatic rings. The summed E-state index contributed by atoms with van der Waals surface area (Å²) in [5, 5.41) is 21.1. The van der Waals surface area contributed by atoms with Crippen molar-refractivity contribution in [3.63, 3.8) is 0 Å². The second kappa shape index (κ2) is 5.35. The summed E-state index contributed by atoms with van der Waals surface area (Å²) in [6, 6.07) is 17.8. The molecule has 1 N–H and O–H groups in total. The molecule has 0 amide bonds. The summed E-state index contributed by atoms with van der Waals surface area (Å²) in [4.78, 5) is 0. The fourth-order valence-corrected chi connectivity index (χ4v) is 2.28. The fraction of sp³-hybridized carbons (Fsp3) is 0. The SMILES string of the molecule is N#Cc1ccc(Oc2cc3ccccc3cc2O)cc1Cl. The molecule has 0 aliphatic rings. The highest BCUT2D eigenvalue weighted by Gasteiger charge is 2.08. The number of nitrogens with zero attached hydrogens (tertiary/aromatic N) is 1. The Balaban J connectivity index is 2.00. The molecule has 4 heteroatoms.